The molecule has 5 unspecified atom stereocenters. The molecule has 12 heteroatoms. The molecule has 40 heavy (non-hydrogen) atoms. The van der Waals surface area contributed by atoms with E-state index in [1.54, 1.807) is 32.4 Å². The van der Waals surface area contributed by atoms with E-state index in [4.69, 9.17) is 33.2 Å². The van der Waals surface area contributed by atoms with E-state index in [0.717, 1.165) is 11.1 Å². The smallest absolute Gasteiger partial charge is 0.309 e. The van der Waals surface area contributed by atoms with Gasteiger partial charge in [0.2, 0.25) is 12.0 Å². The highest BCUT2D eigenvalue weighted by Gasteiger charge is 2.45. The first-order chi connectivity index (χ1) is 19.2. The molecule has 7 atom stereocenters. The van der Waals surface area contributed by atoms with Crippen molar-refractivity contribution in [2.45, 2.75) is 43.5 Å². The first-order valence-corrected chi connectivity index (χ1v) is 12.8. The summed E-state index contributed by atoms with van der Waals surface area (Å²) in [5.74, 6) is 1.24. The molecule has 4 rings (SSSR count). The second-order valence-corrected chi connectivity index (χ2v) is 9.74. The van der Waals surface area contributed by atoms with Crippen molar-refractivity contribution in [1.82, 2.24) is 0 Å². The van der Waals surface area contributed by atoms with Gasteiger partial charge in [-0.1, -0.05) is 6.07 Å². The predicted molar refractivity (Wildman–Crippen MR) is 139 cm³/mol. The molecule has 2 aromatic rings. The molecule has 12 nitrogen and oxygen atoms in total. The van der Waals surface area contributed by atoms with Gasteiger partial charge < -0.3 is 53.6 Å². The number of methoxy groups -OCH3 is 4. The summed E-state index contributed by atoms with van der Waals surface area (Å²) in [6.45, 7) is -0.300. The second kappa shape index (κ2) is 12.9. The van der Waals surface area contributed by atoms with Gasteiger partial charge in [-0.2, -0.15) is 0 Å². The van der Waals surface area contributed by atoms with Crippen molar-refractivity contribution >= 4 is 5.97 Å². The van der Waals surface area contributed by atoms with Crippen LogP contribution in [0.2, 0.25) is 0 Å². The SMILES string of the molecule is COc1cc(C[C@H]2C(=O)OC[C@@H]2Cc2cc(OC)c(OC)c(OC)c2)ccc1OC1OC(CO)C(O)C(O)C1O. The molecule has 2 fully saturated rings. The molecule has 2 saturated heterocycles. The van der Waals surface area contributed by atoms with Gasteiger partial charge in [0.05, 0.1) is 47.6 Å². The van der Waals surface area contributed by atoms with Crippen molar-refractivity contribution in [1.29, 1.82) is 0 Å². The standard InChI is InChI=1S/C28H36O12/c1-34-19-9-14(5-6-18(19)39-28-25(32)24(31)23(30)22(12-29)40-28)8-17-16(13-38-27(17)33)7-15-10-20(35-2)26(37-4)21(11-15)36-3/h5-6,9-11,16-17,22-25,28-32H,7-8,12-13H2,1-4H3/t16-,17+,22?,23?,24?,25?,28?/m0/s1. The number of aliphatic hydroxyl groups excluding tert-OH is 4. The van der Waals surface area contributed by atoms with Crippen LogP contribution in [0.1, 0.15) is 11.1 Å². The number of aliphatic hydroxyl groups is 4. The normalized spacial score (nSPS) is 28.1. The lowest BCUT2D eigenvalue weighted by molar-refractivity contribution is -0.277. The minimum absolute atomic E-state index is 0.105. The average molecular weight is 565 g/mol. The molecule has 0 aromatic heterocycles. The Morgan fingerprint density at radius 3 is 2.05 bits per heavy atom. The van der Waals surface area contributed by atoms with Crippen LogP contribution in [0.4, 0.5) is 0 Å². The van der Waals surface area contributed by atoms with Crippen molar-refractivity contribution in [2.24, 2.45) is 11.8 Å². The van der Waals surface area contributed by atoms with Crippen LogP contribution < -0.4 is 23.7 Å². The summed E-state index contributed by atoms with van der Waals surface area (Å²) in [4.78, 5) is 12.7. The zero-order valence-electron chi connectivity index (χ0n) is 22.8. The van der Waals surface area contributed by atoms with Gasteiger partial charge in [-0.15, -0.1) is 0 Å². The molecule has 0 radical (unpaired) electrons. The van der Waals surface area contributed by atoms with E-state index in [1.807, 2.05) is 12.1 Å². The molecule has 2 aromatic carbocycles. The predicted octanol–water partition coefficient (Wildman–Crippen LogP) is 0.474. The highest BCUT2D eigenvalue weighted by molar-refractivity contribution is 5.75. The van der Waals surface area contributed by atoms with E-state index in [2.05, 4.69) is 0 Å². The Labute approximate surface area is 231 Å². The molecule has 0 spiro atoms. The largest absolute Gasteiger partial charge is 0.493 e. The van der Waals surface area contributed by atoms with Crippen molar-refractivity contribution < 1.29 is 58.4 Å². The lowest BCUT2D eigenvalue weighted by Gasteiger charge is -2.39. The summed E-state index contributed by atoms with van der Waals surface area (Å²) in [7, 11) is 6.07. The third-order valence-electron chi connectivity index (χ3n) is 7.31. The van der Waals surface area contributed by atoms with Crippen molar-refractivity contribution in [3.63, 3.8) is 0 Å². The second-order valence-electron chi connectivity index (χ2n) is 9.74. The maximum absolute atomic E-state index is 12.7. The van der Waals surface area contributed by atoms with Gasteiger partial charge in [0.1, 0.15) is 24.4 Å². The summed E-state index contributed by atoms with van der Waals surface area (Å²) in [6.07, 6.45) is -6.17. The molecule has 0 aliphatic carbocycles. The van der Waals surface area contributed by atoms with Crippen LogP contribution in [0.5, 0.6) is 28.7 Å². The molecule has 0 amide bonds. The number of cyclic esters (lactones) is 1. The van der Waals surface area contributed by atoms with Gasteiger partial charge >= 0.3 is 5.97 Å². The van der Waals surface area contributed by atoms with E-state index in [9.17, 15) is 25.2 Å². The maximum atomic E-state index is 12.7. The van der Waals surface area contributed by atoms with Crippen LogP contribution in [0.15, 0.2) is 30.3 Å². The summed E-state index contributed by atoms with van der Waals surface area (Å²) in [6, 6.07) is 8.78. The van der Waals surface area contributed by atoms with Gasteiger partial charge in [-0.3, -0.25) is 4.79 Å². The van der Waals surface area contributed by atoms with Gasteiger partial charge in [0.25, 0.3) is 0 Å². The lowest BCUT2D eigenvalue weighted by Crippen LogP contribution is -2.60. The van der Waals surface area contributed by atoms with E-state index < -0.39 is 43.2 Å². The van der Waals surface area contributed by atoms with Crippen molar-refractivity contribution in [2.75, 3.05) is 41.7 Å². The molecule has 0 saturated carbocycles. The molecule has 220 valence electrons. The van der Waals surface area contributed by atoms with E-state index in [0.29, 0.717) is 35.8 Å². The van der Waals surface area contributed by atoms with Crippen LogP contribution in [0, 0.1) is 11.8 Å². The van der Waals surface area contributed by atoms with Gasteiger partial charge in [0.15, 0.2) is 23.0 Å². The number of rotatable bonds is 11. The first-order valence-electron chi connectivity index (χ1n) is 12.8. The average Bonchev–Trinajstić information content (AvgIpc) is 3.31. The summed E-state index contributed by atoms with van der Waals surface area (Å²) < 4.78 is 38.4. The highest BCUT2D eigenvalue weighted by Crippen LogP contribution is 2.40. The summed E-state index contributed by atoms with van der Waals surface area (Å²) in [5.41, 5.74) is 1.69. The van der Waals surface area contributed by atoms with Gasteiger partial charge in [-0.25, -0.2) is 0 Å². The summed E-state index contributed by atoms with van der Waals surface area (Å²) in [5, 5.41) is 39.8. The van der Waals surface area contributed by atoms with Crippen LogP contribution in [0.3, 0.4) is 0 Å². The molecule has 2 aliphatic heterocycles. The fourth-order valence-electron chi connectivity index (χ4n) is 5.09. The zero-order valence-corrected chi connectivity index (χ0v) is 22.8. The number of carbonyl (C=O) groups is 1. The van der Waals surface area contributed by atoms with E-state index in [-0.39, 0.29) is 24.2 Å². The van der Waals surface area contributed by atoms with Crippen LogP contribution >= 0.6 is 0 Å². The molecule has 2 heterocycles. The number of benzene rings is 2. The number of ether oxygens (including phenoxy) is 7. The highest BCUT2D eigenvalue weighted by atomic mass is 16.7. The molecular weight excluding hydrogens is 528 g/mol. The van der Waals surface area contributed by atoms with Crippen LogP contribution in [0.25, 0.3) is 0 Å². The molecule has 0 bridgehead atoms. The Morgan fingerprint density at radius 1 is 0.800 bits per heavy atom. The Bertz CT molecular complexity index is 1140. The van der Waals surface area contributed by atoms with Crippen molar-refractivity contribution in [3.05, 3.63) is 41.5 Å². The number of hydrogen-bond donors (Lipinski definition) is 4. The molecule has 2 aliphatic rings. The zero-order chi connectivity index (χ0) is 29.0. The molecule has 4 N–H and O–H groups in total. The van der Waals surface area contributed by atoms with E-state index in [1.165, 1.54) is 14.2 Å². The lowest BCUT2D eigenvalue weighted by atomic mass is 9.85. The minimum Gasteiger partial charge on any atom is -0.493 e. The topological polar surface area (TPSA) is 163 Å². The first kappa shape index (κ1) is 29.7. The Balaban J connectivity index is 1.50. The fourth-order valence-corrected chi connectivity index (χ4v) is 5.09. The number of hydrogen-bond acceptors (Lipinski definition) is 12. The van der Waals surface area contributed by atoms with Crippen LogP contribution in [-0.4, -0.2) is 98.8 Å². The number of carbonyl (C=O) groups excluding carboxylic acids is 1. The van der Waals surface area contributed by atoms with E-state index >= 15 is 0 Å². The number of esters is 1. The fraction of sp³-hybridized carbons (Fsp3) is 0.536. The van der Waals surface area contributed by atoms with Gasteiger partial charge in [0, 0.05) is 5.92 Å². The quantitative estimate of drug-likeness (QED) is 0.280. The Hall–Kier alpha value is -3.29. The summed E-state index contributed by atoms with van der Waals surface area (Å²) >= 11 is 0. The van der Waals surface area contributed by atoms with Gasteiger partial charge in [-0.05, 0) is 48.2 Å². The Morgan fingerprint density at radius 2 is 1.45 bits per heavy atom. The third kappa shape index (κ3) is 6.06. The maximum Gasteiger partial charge on any atom is 0.309 e. The van der Waals surface area contributed by atoms with Crippen molar-refractivity contribution in [3.8, 4) is 28.7 Å². The third-order valence-corrected chi connectivity index (χ3v) is 7.31. The monoisotopic (exact) mass is 564 g/mol. The Kier molecular flexibility index (Phi) is 9.59. The molecular formula is C28H36O12. The minimum atomic E-state index is -1.57. The van der Waals surface area contributed by atoms with Crippen LogP contribution in [-0.2, 0) is 27.1 Å².